The van der Waals surface area contributed by atoms with Gasteiger partial charge in [-0.3, -0.25) is 0 Å². The van der Waals surface area contributed by atoms with Crippen molar-refractivity contribution in [2.24, 2.45) is 0 Å². The van der Waals surface area contributed by atoms with Gasteiger partial charge in [0.25, 0.3) is 0 Å². The van der Waals surface area contributed by atoms with Crippen LogP contribution < -0.4 is 4.74 Å². The van der Waals surface area contributed by atoms with Crippen LogP contribution in [0.3, 0.4) is 0 Å². The molecular formula is C13H17ClO. The molecule has 0 saturated carbocycles. The van der Waals surface area contributed by atoms with Crippen LogP contribution in [0.1, 0.15) is 26.3 Å². The minimum Gasteiger partial charge on any atom is -0.489 e. The molecule has 2 heteroatoms. The molecule has 0 aliphatic rings. The van der Waals surface area contributed by atoms with Crippen LogP contribution in [-0.4, -0.2) is 6.61 Å². The van der Waals surface area contributed by atoms with Gasteiger partial charge in [0.1, 0.15) is 12.4 Å². The fraction of sp³-hybridized carbons (Fsp3) is 0.385. The molecule has 1 nitrogen and oxygen atoms in total. The van der Waals surface area contributed by atoms with Crippen molar-refractivity contribution in [2.75, 3.05) is 6.61 Å². The largest absolute Gasteiger partial charge is 0.489 e. The molecule has 0 aliphatic carbocycles. The Balaban J connectivity index is 3.14. The molecule has 82 valence electrons. The third-order valence-electron chi connectivity index (χ3n) is 2.08. The Morgan fingerprint density at radius 2 is 2.07 bits per heavy atom. The van der Waals surface area contributed by atoms with Gasteiger partial charge in [-0.15, -0.1) is 0 Å². The fourth-order valence-electron chi connectivity index (χ4n) is 1.50. The molecule has 0 aromatic heterocycles. The van der Waals surface area contributed by atoms with Gasteiger partial charge in [-0.05, 0) is 17.5 Å². The monoisotopic (exact) mass is 224 g/mol. The van der Waals surface area contributed by atoms with Gasteiger partial charge in [0.2, 0.25) is 0 Å². The van der Waals surface area contributed by atoms with Gasteiger partial charge in [-0.25, -0.2) is 0 Å². The Bertz CT molecular complexity index is 350. The lowest BCUT2D eigenvalue weighted by molar-refractivity contribution is 0.351. The number of ether oxygens (including phenoxy) is 1. The SMILES string of the molecule is C=CCOc1cccc(Cl)c1C(C)(C)C. The van der Waals surface area contributed by atoms with Gasteiger partial charge in [0.05, 0.1) is 0 Å². The van der Waals surface area contributed by atoms with Crippen molar-refractivity contribution in [2.45, 2.75) is 26.2 Å². The summed E-state index contributed by atoms with van der Waals surface area (Å²) in [5.41, 5.74) is 1.03. The van der Waals surface area contributed by atoms with Crippen LogP contribution in [-0.2, 0) is 5.41 Å². The van der Waals surface area contributed by atoms with Crippen molar-refractivity contribution in [1.82, 2.24) is 0 Å². The second-order valence-electron chi connectivity index (χ2n) is 4.46. The standard InChI is InChI=1S/C13H17ClO/c1-5-9-15-11-8-6-7-10(14)12(11)13(2,3)4/h5-8H,1,9H2,2-4H3. The summed E-state index contributed by atoms with van der Waals surface area (Å²) in [7, 11) is 0. The van der Waals surface area contributed by atoms with Crippen LogP contribution in [0.4, 0.5) is 0 Å². The smallest absolute Gasteiger partial charge is 0.124 e. The number of hydrogen-bond acceptors (Lipinski definition) is 1. The van der Waals surface area contributed by atoms with Gasteiger partial charge in [0.15, 0.2) is 0 Å². The average Bonchev–Trinajstić information content (AvgIpc) is 2.12. The number of halogens is 1. The summed E-state index contributed by atoms with van der Waals surface area (Å²) in [4.78, 5) is 0. The summed E-state index contributed by atoms with van der Waals surface area (Å²) in [6.07, 6.45) is 1.73. The van der Waals surface area contributed by atoms with E-state index in [2.05, 4.69) is 27.4 Å². The van der Waals surface area contributed by atoms with Crippen LogP contribution in [0.25, 0.3) is 0 Å². The van der Waals surface area contributed by atoms with E-state index in [4.69, 9.17) is 16.3 Å². The Morgan fingerprint density at radius 3 is 2.60 bits per heavy atom. The fourth-order valence-corrected chi connectivity index (χ4v) is 1.95. The van der Waals surface area contributed by atoms with E-state index in [9.17, 15) is 0 Å². The maximum Gasteiger partial charge on any atom is 0.124 e. The number of hydrogen-bond donors (Lipinski definition) is 0. The molecule has 0 aliphatic heterocycles. The average molecular weight is 225 g/mol. The number of benzene rings is 1. The molecule has 0 radical (unpaired) electrons. The molecule has 0 saturated heterocycles. The van der Waals surface area contributed by atoms with Gasteiger partial charge in [0, 0.05) is 10.6 Å². The van der Waals surface area contributed by atoms with Gasteiger partial charge < -0.3 is 4.74 Å². The molecule has 0 unspecified atom stereocenters. The van der Waals surface area contributed by atoms with Gasteiger partial charge in [-0.2, -0.15) is 0 Å². The first-order valence-corrected chi connectivity index (χ1v) is 5.37. The molecule has 0 amide bonds. The summed E-state index contributed by atoms with van der Waals surface area (Å²) in [5, 5.41) is 0.754. The molecule has 1 rings (SSSR count). The first-order chi connectivity index (χ1) is 6.96. The highest BCUT2D eigenvalue weighted by atomic mass is 35.5. The molecule has 0 N–H and O–H groups in total. The van der Waals surface area contributed by atoms with Crippen molar-refractivity contribution in [3.05, 3.63) is 41.4 Å². The Morgan fingerprint density at radius 1 is 1.40 bits per heavy atom. The van der Waals surface area contributed by atoms with Gasteiger partial charge >= 0.3 is 0 Å². The molecule has 0 heterocycles. The van der Waals surface area contributed by atoms with E-state index in [0.29, 0.717) is 6.61 Å². The summed E-state index contributed by atoms with van der Waals surface area (Å²) in [5.74, 6) is 0.842. The van der Waals surface area contributed by atoms with Gasteiger partial charge in [-0.1, -0.05) is 51.1 Å². The first-order valence-electron chi connectivity index (χ1n) is 4.99. The summed E-state index contributed by atoms with van der Waals surface area (Å²) in [6.45, 7) is 10.5. The zero-order chi connectivity index (χ0) is 11.5. The molecule has 0 atom stereocenters. The highest BCUT2D eigenvalue weighted by molar-refractivity contribution is 6.31. The molecule has 0 bridgehead atoms. The lowest BCUT2D eigenvalue weighted by Crippen LogP contribution is -2.14. The summed E-state index contributed by atoms with van der Waals surface area (Å²) >= 11 is 6.19. The van der Waals surface area contributed by atoms with Crippen LogP contribution in [0, 0.1) is 0 Å². The normalized spacial score (nSPS) is 11.2. The quantitative estimate of drug-likeness (QED) is 0.700. The van der Waals surface area contributed by atoms with E-state index >= 15 is 0 Å². The van der Waals surface area contributed by atoms with Crippen LogP contribution in [0.2, 0.25) is 5.02 Å². The zero-order valence-corrected chi connectivity index (χ0v) is 10.3. The predicted octanol–water partition coefficient (Wildman–Crippen LogP) is 4.20. The Hall–Kier alpha value is -0.950. The highest BCUT2D eigenvalue weighted by Crippen LogP contribution is 2.36. The molecule has 15 heavy (non-hydrogen) atoms. The van der Waals surface area contributed by atoms with E-state index < -0.39 is 0 Å². The minimum atomic E-state index is -0.0190. The molecule has 0 spiro atoms. The summed E-state index contributed by atoms with van der Waals surface area (Å²) < 4.78 is 5.59. The van der Waals surface area contributed by atoms with Crippen LogP contribution in [0.15, 0.2) is 30.9 Å². The van der Waals surface area contributed by atoms with E-state index in [-0.39, 0.29) is 5.41 Å². The zero-order valence-electron chi connectivity index (χ0n) is 9.51. The Labute approximate surface area is 96.7 Å². The highest BCUT2D eigenvalue weighted by Gasteiger charge is 2.21. The number of rotatable bonds is 3. The predicted molar refractivity (Wildman–Crippen MR) is 65.8 cm³/mol. The summed E-state index contributed by atoms with van der Waals surface area (Å²) in [6, 6.07) is 5.73. The van der Waals surface area contributed by atoms with E-state index in [1.807, 2.05) is 18.2 Å². The van der Waals surface area contributed by atoms with Crippen LogP contribution in [0.5, 0.6) is 5.75 Å². The van der Waals surface area contributed by atoms with E-state index in [1.54, 1.807) is 6.08 Å². The molecule has 0 fully saturated rings. The third-order valence-corrected chi connectivity index (χ3v) is 2.40. The topological polar surface area (TPSA) is 9.23 Å². The third kappa shape index (κ3) is 3.00. The molecular weight excluding hydrogens is 208 g/mol. The minimum absolute atomic E-state index is 0.0190. The first kappa shape index (κ1) is 12.1. The van der Waals surface area contributed by atoms with Crippen LogP contribution >= 0.6 is 11.6 Å². The van der Waals surface area contributed by atoms with Crippen molar-refractivity contribution in [3.8, 4) is 5.75 Å². The van der Waals surface area contributed by atoms with E-state index in [0.717, 1.165) is 16.3 Å². The maximum absolute atomic E-state index is 6.19. The lowest BCUT2D eigenvalue weighted by Gasteiger charge is -2.23. The van der Waals surface area contributed by atoms with Crippen molar-refractivity contribution >= 4 is 11.6 Å². The van der Waals surface area contributed by atoms with Crippen molar-refractivity contribution < 1.29 is 4.74 Å². The maximum atomic E-state index is 6.19. The second-order valence-corrected chi connectivity index (χ2v) is 4.87. The second kappa shape index (κ2) is 4.71. The van der Waals surface area contributed by atoms with Crippen molar-refractivity contribution in [1.29, 1.82) is 0 Å². The lowest BCUT2D eigenvalue weighted by atomic mass is 9.86. The molecule has 1 aromatic rings. The molecule has 1 aromatic carbocycles. The van der Waals surface area contributed by atoms with Crippen molar-refractivity contribution in [3.63, 3.8) is 0 Å². The Kier molecular flexibility index (Phi) is 3.81. The van der Waals surface area contributed by atoms with E-state index in [1.165, 1.54) is 0 Å².